The molecule has 1 saturated heterocycles. The molecule has 2 heterocycles. The van der Waals surface area contributed by atoms with Gasteiger partial charge in [-0.1, -0.05) is 12.1 Å². The number of rotatable bonds is 3. The van der Waals surface area contributed by atoms with Gasteiger partial charge >= 0.3 is 0 Å². The number of hydrogen-bond donors (Lipinski definition) is 0. The molecule has 0 bridgehead atoms. The van der Waals surface area contributed by atoms with Crippen molar-refractivity contribution in [2.75, 3.05) is 13.2 Å². The summed E-state index contributed by atoms with van der Waals surface area (Å²) in [5.41, 5.74) is 0.963. The van der Waals surface area contributed by atoms with Gasteiger partial charge in [-0.05, 0) is 18.2 Å². The molecule has 1 aliphatic heterocycles. The lowest BCUT2D eigenvalue weighted by molar-refractivity contribution is -0.0379. The smallest absolute Gasteiger partial charge is 0.161 e. The summed E-state index contributed by atoms with van der Waals surface area (Å²) in [6.07, 6.45) is 6.51. The SMILES string of the molecule is C(=Cc1ccccn1)CC1OCCO1. The van der Waals surface area contributed by atoms with Gasteiger partial charge < -0.3 is 9.47 Å². The molecule has 3 nitrogen and oxygen atoms in total. The first-order chi connectivity index (χ1) is 6.95. The van der Waals surface area contributed by atoms with Crippen LogP contribution in [0.1, 0.15) is 12.1 Å². The summed E-state index contributed by atoms with van der Waals surface area (Å²) in [5, 5.41) is 0. The molecule has 0 aliphatic carbocycles. The van der Waals surface area contributed by atoms with Crippen molar-refractivity contribution in [1.29, 1.82) is 0 Å². The van der Waals surface area contributed by atoms with Crippen LogP contribution in [0.25, 0.3) is 6.08 Å². The van der Waals surface area contributed by atoms with Crippen molar-refractivity contribution in [3.05, 3.63) is 36.2 Å². The van der Waals surface area contributed by atoms with E-state index in [1.807, 2.05) is 30.4 Å². The molecule has 1 fully saturated rings. The van der Waals surface area contributed by atoms with Crippen molar-refractivity contribution in [1.82, 2.24) is 4.98 Å². The van der Waals surface area contributed by atoms with Crippen LogP contribution >= 0.6 is 0 Å². The molecule has 0 unspecified atom stereocenters. The highest BCUT2D eigenvalue weighted by atomic mass is 16.7. The Hall–Kier alpha value is -1.19. The molecule has 2 rings (SSSR count). The molecule has 3 heteroatoms. The fourth-order valence-corrected chi connectivity index (χ4v) is 1.32. The second kappa shape index (κ2) is 4.88. The molecule has 0 amide bonds. The summed E-state index contributed by atoms with van der Waals surface area (Å²) in [6.45, 7) is 1.42. The van der Waals surface area contributed by atoms with E-state index >= 15 is 0 Å². The standard InChI is InChI=1S/C11H13NO2/c1-2-7-12-10(4-1)5-3-6-11-13-8-9-14-11/h1-5,7,11H,6,8-9H2. The molecule has 0 atom stereocenters. The molecule has 1 aromatic heterocycles. The molecular weight excluding hydrogens is 178 g/mol. The summed E-state index contributed by atoms with van der Waals surface area (Å²) in [6, 6.07) is 5.84. The zero-order valence-corrected chi connectivity index (χ0v) is 7.93. The third-order valence-corrected chi connectivity index (χ3v) is 2.00. The van der Waals surface area contributed by atoms with Crippen LogP contribution in [-0.2, 0) is 9.47 Å². The number of pyridine rings is 1. The van der Waals surface area contributed by atoms with Crippen LogP contribution < -0.4 is 0 Å². The topological polar surface area (TPSA) is 31.4 Å². The molecule has 0 spiro atoms. The van der Waals surface area contributed by atoms with Crippen molar-refractivity contribution in [2.24, 2.45) is 0 Å². The first-order valence-corrected chi connectivity index (χ1v) is 4.76. The second-order valence-corrected chi connectivity index (χ2v) is 3.06. The summed E-state index contributed by atoms with van der Waals surface area (Å²) in [5.74, 6) is 0. The zero-order valence-electron chi connectivity index (χ0n) is 7.93. The predicted molar refractivity (Wildman–Crippen MR) is 53.6 cm³/mol. The summed E-state index contributed by atoms with van der Waals surface area (Å²) in [4.78, 5) is 4.17. The van der Waals surface area contributed by atoms with E-state index in [4.69, 9.17) is 9.47 Å². The van der Waals surface area contributed by atoms with Gasteiger partial charge in [0.1, 0.15) is 0 Å². The van der Waals surface area contributed by atoms with Crippen molar-refractivity contribution >= 4 is 6.08 Å². The molecule has 1 aromatic rings. The van der Waals surface area contributed by atoms with Gasteiger partial charge in [-0.3, -0.25) is 4.98 Å². The second-order valence-electron chi connectivity index (χ2n) is 3.06. The fourth-order valence-electron chi connectivity index (χ4n) is 1.32. The quantitative estimate of drug-likeness (QED) is 0.730. The molecule has 0 aromatic carbocycles. The number of ether oxygens (including phenoxy) is 2. The van der Waals surface area contributed by atoms with E-state index in [1.54, 1.807) is 6.20 Å². The Morgan fingerprint density at radius 3 is 2.93 bits per heavy atom. The van der Waals surface area contributed by atoms with Crippen LogP contribution in [0.15, 0.2) is 30.5 Å². The van der Waals surface area contributed by atoms with Gasteiger partial charge in [0.15, 0.2) is 6.29 Å². The van der Waals surface area contributed by atoms with Gasteiger partial charge in [0.25, 0.3) is 0 Å². The third kappa shape index (κ3) is 2.65. The monoisotopic (exact) mass is 191 g/mol. The van der Waals surface area contributed by atoms with Crippen molar-refractivity contribution < 1.29 is 9.47 Å². The van der Waals surface area contributed by atoms with E-state index in [2.05, 4.69) is 4.98 Å². The van der Waals surface area contributed by atoms with E-state index < -0.39 is 0 Å². The summed E-state index contributed by atoms with van der Waals surface area (Å²) in [7, 11) is 0. The number of hydrogen-bond acceptors (Lipinski definition) is 3. The predicted octanol–water partition coefficient (Wildman–Crippen LogP) is 1.86. The van der Waals surface area contributed by atoms with Gasteiger partial charge in [0.05, 0.1) is 18.9 Å². The normalized spacial score (nSPS) is 18.0. The van der Waals surface area contributed by atoms with E-state index in [0.29, 0.717) is 13.2 Å². The van der Waals surface area contributed by atoms with Crippen LogP contribution in [0.5, 0.6) is 0 Å². The highest BCUT2D eigenvalue weighted by Crippen LogP contribution is 2.09. The maximum atomic E-state index is 5.30. The molecule has 1 aliphatic rings. The molecule has 14 heavy (non-hydrogen) atoms. The van der Waals surface area contributed by atoms with Crippen molar-refractivity contribution in [3.63, 3.8) is 0 Å². The van der Waals surface area contributed by atoms with E-state index in [0.717, 1.165) is 12.1 Å². The summed E-state index contributed by atoms with van der Waals surface area (Å²) >= 11 is 0. The Morgan fingerprint density at radius 1 is 1.36 bits per heavy atom. The number of aromatic nitrogens is 1. The Bertz CT molecular complexity index is 291. The maximum Gasteiger partial charge on any atom is 0.161 e. The largest absolute Gasteiger partial charge is 0.350 e. The van der Waals surface area contributed by atoms with Gasteiger partial charge in [-0.25, -0.2) is 0 Å². The van der Waals surface area contributed by atoms with Gasteiger partial charge in [0, 0.05) is 12.6 Å². The zero-order chi connectivity index (χ0) is 9.64. The van der Waals surface area contributed by atoms with E-state index in [9.17, 15) is 0 Å². The minimum Gasteiger partial charge on any atom is -0.350 e. The van der Waals surface area contributed by atoms with Crippen LogP contribution in [0, 0.1) is 0 Å². The maximum absolute atomic E-state index is 5.30. The lowest BCUT2D eigenvalue weighted by Gasteiger charge is -2.03. The van der Waals surface area contributed by atoms with Crippen LogP contribution in [0.2, 0.25) is 0 Å². The summed E-state index contributed by atoms with van der Waals surface area (Å²) < 4.78 is 10.6. The Balaban J connectivity index is 1.82. The molecular formula is C11H13NO2. The molecule has 0 radical (unpaired) electrons. The fraction of sp³-hybridized carbons (Fsp3) is 0.364. The lowest BCUT2D eigenvalue weighted by Crippen LogP contribution is -2.04. The average Bonchev–Trinajstić information content (AvgIpc) is 2.72. The minimum atomic E-state index is -0.0602. The number of nitrogens with zero attached hydrogens (tertiary/aromatic N) is 1. The molecule has 0 N–H and O–H groups in total. The van der Waals surface area contributed by atoms with E-state index in [-0.39, 0.29) is 6.29 Å². The third-order valence-electron chi connectivity index (χ3n) is 2.00. The Kier molecular flexibility index (Phi) is 3.27. The van der Waals surface area contributed by atoms with Crippen LogP contribution in [-0.4, -0.2) is 24.5 Å². The van der Waals surface area contributed by atoms with Gasteiger partial charge in [-0.2, -0.15) is 0 Å². The highest BCUT2D eigenvalue weighted by Gasteiger charge is 2.13. The Labute approximate surface area is 83.4 Å². The molecule has 74 valence electrons. The Morgan fingerprint density at radius 2 is 2.21 bits per heavy atom. The van der Waals surface area contributed by atoms with Gasteiger partial charge in [0.2, 0.25) is 0 Å². The highest BCUT2D eigenvalue weighted by molar-refractivity contribution is 5.43. The van der Waals surface area contributed by atoms with E-state index in [1.165, 1.54) is 0 Å². The minimum absolute atomic E-state index is 0.0602. The van der Waals surface area contributed by atoms with Crippen LogP contribution in [0.3, 0.4) is 0 Å². The average molecular weight is 191 g/mol. The van der Waals surface area contributed by atoms with Gasteiger partial charge in [-0.15, -0.1) is 0 Å². The first-order valence-electron chi connectivity index (χ1n) is 4.76. The van der Waals surface area contributed by atoms with Crippen molar-refractivity contribution in [2.45, 2.75) is 12.7 Å². The van der Waals surface area contributed by atoms with Crippen molar-refractivity contribution in [3.8, 4) is 0 Å². The lowest BCUT2D eigenvalue weighted by atomic mass is 10.3. The first kappa shape index (κ1) is 9.37. The van der Waals surface area contributed by atoms with Crippen LogP contribution in [0.4, 0.5) is 0 Å². The molecule has 0 saturated carbocycles.